The van der Waals surface area contributed by atoms with Gasteiger partial charge in [0.05, 0.1) is 4.88 Å². The second kappa shape index (κ2) is 11.6. The van der Waals surface area contributed by atoms with Crippen molar-refractivity contribution in [2.45, 2.75) is 44.6 Å². The van der Waals surface area contributed by atoms with Gasteiger partial charge >= 0.3 is 0 Å². The van der Waals surface area contributed by atoms with Crippen LogP contribution in [-0.2, 0) is 0 Å². The summed E-state index contributed by atoms with van der Waals surface area (Å²) < 4.78 is 1.11. The first kappa shape index (κ1) is 25.5. The lowest BCUT2D eigenvalue weighted by Crippen LogP contribution is -2.45. The molecular weight excluding hydrogens is 492 g/mol. The highest BCUT2D eigenvalue weighted by Gasteiger charge is 2.28. The number of nitrogens with zero attached hydrogens (tertiary/aromatic N) is 2. The molecule has 0 aliphatic carbocycles. The molecule has 0 spiro atoms. The topological polar surface area (TPSA) is 64.7 Å². The number of piperidine rings is 2. The Labute approximate surface area is 229 Å². The number of nitrogens with one attached hydrogen (secondary N) is 2. The maximum absolute atomic E-state index is 13.1. The molecule has 1 aromatic heterocycles. The van der Waals surface area contributed by atoms with Crippen LogP contribution in [0.5, 0.6) is 0 Å². The molecule has 3 saturated heterocycles. The number of thiophene rings is 1. The van der Waals surface area contributed by atoms with Crippen molar-refractivity contribution in [2.24, 2.45) is 5.92 Å². The van der Waals surface area contributed by atoms with E-state index in [1.807, 2.05) is 35.2 Å². The van der Waals surface area contributed by atoms with Crippen molar-refractivity contribution in [3.05, 3.63) is 59.0 Å². The van der Waals surface area contributed by atoms with Gasteiger partial charge in [-0.1, -0.05) is 24.3 Å². The zero-order valence-corrected chi connectivity index (χ0v) is 22.9. The molecule has 6 rings (SSSR count). The highest BCUT2D eigenvalue weighted by atomic mass is 32.1. The number of amides is 2. The fraction of sp³-hybridized carbons (Fsp3) is 0.484. The van der Waals surface area contributed by atoms with Crippen LogP contribution >= 0.6 is 11.3 Å². The predicted octanol–water partition coefficient (Wildman–Crippen LogP) is 5.00. The summed E-state index contributed by atoms with van der Waals surface area (Å²) in [6.07, 6.45) is 7.06. The number of carbonyl (C=O) groups excluding carboxylic acids is 2. The lowest BCUT2D eigenvalue weighted by Gasteiger charge is -2.36. The minimum Gasteiger partial charge on any atom is -0.351 e. The molecule has 38 heavy (non-hydrogen) atoms. The normalized spacial score (nSPS) is 19.7. The Bertz CT molecular complexity index is 1270. The van der Waals surface area contributed by atoms with Crippen LogP contribution in [0.1, 0.15) is 58.6 Å². The molecule has 3 aliphatic rings. The summed E-state index contributed by atoms with van der Waals surface area (Å²) in [6.45, 7) is 6.99. The van der Waals surface area contributed by atoms with Gasteiger partial charge in [-0.25, -0.2) is 0 Å². The number of fused-ring (bicyclic) bond motifs is 1. The van der Waals surface area contributed by atoms with E-state index in [9.17, 15) is 9.59 Å². The Balaban J connectivity index is 1.07. The summed E-state index contributed by atoms with van der Waals surface area (Å²) in [4.78, 5) is 31.3. The zero-order chi connectivity index (χ0) is 25.9. The maximum atomic E-state index is 13.1. The van der Waals surface area contributed by atoms with Gasteiger partial charge in [-0.15, -0.1) is 11.3 Å². The van der Waals surface area contributed by atoms with Gasteiger partial charge in [0.15, 0.2) is 0 Å². The molecule has 6 nitrogen and oxygen atoms in total. The van der Waals surface area contributed by atoms with Crippen molar-refractivity contribution in [3.63, 3.8) is 0 Å². The number of hydrogen-bond donors (Lipinski definition) is 2. The van der Waals surface area contributed by atoms with Gasteiger partial charge in [0.1, 0.15) is 0 Å². The van der Waals surface area contributed by atoms with Crippen molar-refractivity contribution < 1.29 is 9.59 Å². The van der Waals surface area contributed by atoms with E-state index in [1.165, 1.54) is 25.9 Å². The van der Waals surface area contributed by atoms with Crippen LogP contribution in [0.4, 0.5) is 0 Å². The van der Waals surface area contributed by atoms with Crippen molar-refractivity contribution in [2.75, 3.05) is 45.8 Å². The number of rotatable bonds is 6. The molecule has 0 saturated carbocycles. The molecule has 0 radical (unpaired) electrons. The summed E-state index contributed by atoms with van der Waals surface area (Å²) in [5, 5.41) is 7.61. The molecular formula is C31H38N4O2S. The molecule has 2 amide bonds. The monoisotopic (exact) mass is 530 g/mol. The van der Waals surface area contributed by atoms with Gasteiger partial charge < -0.3 is 20.4 Å². The van der Waals surface area contributed by atoms with Crippen LogP contribution in [0, 0.1) is 5.92 Å². The SMILES string of the molecule is O=C(NCC1CCNCC1)c1cc2ccc(-c3ccc(C(=O)N4CCC(N5CCCC5)CC4)cc3)cc2s1. The van der Waals surface area contributed by atoms with Crippen molar-refractivity contribution in [1.82, 2.24) is 20.4 Å². The van der Waals surface area contributed by atoms with Crippen molar-refractivity contribution in [1.29, 1.82) is 0 Å². The summed E-state index contributed by atoms with van der Waals surface area (Å²) in [7, 11) is 0. The van der Waals surface area contributed by atoms with Gasteiger partial charge in [-0.3, -0.25) is 9.59 Å². The van der Waals surface area contributed by atoms with Gasteiger partial charge in [-0.2, -0.15) is 0 Å². The molecule has 200 valence electrons. The van der Waals surface area contributed by atoms with E-state index in [-0.39, 0.29) is 11.8 Å². The van der Waals surface area contributed by atoms with Crippen LogP contribution in [-0.4, -0.2) is 73.5 Å². The minimum atomic E-state index is 0.0265. The number of benzene rings is 2. The summed E-state index contributed by atoms with van der Waals surface area (Å²) in [5.74, 6) is 0.738. The molecule has 0 unspecified atom stereocenters. The second-order valence-electron chi connectivity index (χ2n) is 11.1. The van der Waals surface area contributed by atoms with E-state index in [4.69, 9.17) is 0 Å². The largest absolute Gasteiger partial charge is 0.351 e. The van der Waals surface area contributed by atoms with Gasteiger partial charge in [0.25, 0.3) is 11.8 Å². The average molecular weight is 531 g/mol. The van der Waals surface area contributed by atoms with Crippen LogP contribution in [0.3, 0.4) is 0 Å². The van der Waals surface area contributed by atoms with E-state index in [0.717, 1.165) is 90.1 Å². The molecule has 3 aromatic rings. The third-order valence-electron chi connectivity index (χ3n) is 8.63. The quantitative estimate of drug-likeness (QED) is 0.471. The van der Waals surface area contributed by atoms with Gasteiger partial charge in [0, 0.05) is 35.9 Å². The van der Waals surface area contributed by atoms with E-state index in [0.29, 0.717) is 12.0 Å². The van der Waals surface area contributed by atoms with E-state index in [2.05, 4.69) is 33.7 Å². The van der Waals surface area contributed by atoms with Crippen molar-refractivity contribution in [3.8, 4) is 11.1 Å². The summed E-state index contributed by atoms with van der Waals surface area (Å²) in [5.41, 5.74) is 2.95. The van der Waals surface area contributed by atoms with Crippen molar-refractivity contribution >= 4 is 33.2 Å². The Morgan fingerprint density at radius 3 is 2.32 bits per heavy atom. The molecule has 3 aliphatic heterocycles. The fourth-order valence-corrected chi connectivity index (χ4v) is 7.28. The Morgan fingerprint density at radius 1 is 0.868 bits per heavy atom. The standard InChI is InChI=1S/C31H38N4O2S/c36-30(33-21-22-9-13-32-14-10-22)29-20-26-8-7-25(19-28(26)38-29)23-3-5-24(6-4-23)31(37)35-17-11-27(12-18-35)34-15-1-2-16-34/h3-8,19-20,22,27,32H,1-2,9-18,21H2,(H,33,36). The van der Waals surface area contributed by atoms with E-state index < -0.39 is 0 Å². The van der Waals surface area contributed by atoms with Gasteiger partial charge in [0.2, 0.25) is 0 Å². The number of likely N-dealkylation sites (tertiary alicyclic amines) is 2. The smallest absolute Gasteiger partial charge is 0.261 e. The molecule has 3 fully saturated rings. The lowest BCUT2D eigenvalue weighted by atomic mass is 9.98. The summed E-state index contributed by atoms with van der Waals surface area (Å²) in [6, 6.07) is 17.0. The summed E-state index contributed by atoms with van der Waals surface area (Å²) >= 11 is 1.55. The molecule has 0 atom stereocenters. The molecule has 4 heterocycles. The molecule has 2 aromatic carbocycles. The van der Waals surface area contributed by atoms with Crippen LogP contribution in [0.15, 0.2) is 48.5 Å². The third kappa shape index (κ3) is 5.65. The van der Waals surface area contributed by atoms with E-state index in [1.54, 1.807) is 11.3 Å². The first-order valence-electron chi connectivity index (χ1n) is 14.3. The maximum Gasteiger partial charge on any atom is 0.261 e. The molecule has 2 N–H and O–H groups in total. The Morgan fingerprint density at radius 2 is 1.58 bits per heavy atom. The molecule has 0 bridgehead atoms. The van der Waals surface area contributed by atoms with Crippen LogP contribution in [0.25, 0.3) is 21.2 Å². The third-order valence-corrected chi connectivity index (χ3v) is 9.72. The first-order valence-corrected chi connectivity index (χ1v) is 15.1. The van der Waals surface area contributed by atoms with Gasteiger partial charge in [-0.05, 0) is 111 Å². The Kier molecular flexibility index (Phi) is 7.77. The fourth-order valence-electron chi connectivity index (χ4n) is 6.26. The minimum absolute atomic E-state index is 0.0265. The number of hydrogen-bond acceptors (Lipinski definition) is 5. The van der Waals surface area contributed by atoms with Crippen LogP contribution in [0.2, 0.25) is 0 Å². The zero-order valence-electron chi connectivity index (χ0n) is 22.1. The molecule has 7 heteroatoms. The first-order chi connectivity index (χ1) is 18.6. The highest BCUT2D eigenvalue weighted by molar-refractivity contribution is 7.20. The lowest BCUT2D eigenvalue weighted by molar-refractivity contribution is 0.0644. The average Bonchev–Trinajstić information content (AvgIpc) is 3.67. The highest BCUT2D eigenvalue weighted by Crippen LogP contribution is 2.31. The van der Waals surface area contributed by atoms with Crippen LogP contribution < -0.4 is 10.6 Å². The predicted molar refractivity (Wildman–Crippen MR) is 155 cm³/mol. The second-order valence-corrected chi connectivity index (χ2v) is 12.2. The Hall–Kier alpha value is -2.74. The number of carbonyl (C=O) groups is 2. The van der Waals surface area contributed by atoms with E-state index >= 15 is 0 Å².